The summed E-state index contributed by atoms with van der Waals surface area (Å²) in [6.07, 6.45) is 49.4. The molecule has 0 aliphatic carbocycles. The van der Waals surface area contributed by atoms with Gasteiger partial charge in [0.05, 0.1) is 25.9 Å². The van der Waals surface area contributed by atoms with Crippen molar-refractivity contribution in [2.45, 2.75) is 154 Å². The molecule has 1 unspecified atom stereocenters. The third kappa shape index (κ3) is 41.3. The number of phosphoric acid groups is 1. The molecule has 0 aliphatic rings. The minimum atomic E-state index is -4.67. The normalized spacial score (nSPS) is 15.4. The lowest BCUT2D eigenvalue weighted by atomic mass is 10.1. The highest BCUT2D eigenvalue weighted by molar-refractivity contribution is 7.47. The number of esters is 2. The second-order valence-corrected chi connectivity index (χ2v) is 15.6. The van der Waals surface area contributed by atoms with Crippen LogP contribution < -0.4 is 0 Å². The SMILES string of the molecule is CC/C=C\C/C=C\C/C=C\C/C=C\C/C=C\CCCCCC(=O)OC[C@H](COP(=O)(O)OC[C@@H](O)CO)OC(=O)CCC/C=C/C/C=C\C[C@@H](O)/C=C\C=C/CCCCC. The fraction of sp³-hybridized carbons (Fsp3) is 0.583. The van der Waals surface area contributed by atoms with Crippen LogP contribution in [0.4, 0.5) is 0 Å². The van der Waals surface area contributed by atoms with Crippen molar-refractivity contribution in [2.75, 3.05) is 26.4 Å². The molecule has 0 fully saturated rings. The van der Waals surface area contributed by atoms with Gasteiger partial charge in [0.1, 0.15) is 12.7 Å². The van der Waals surface area contributed by atoms with Crippen molar-refractivity contribution in [3.63, 3.8) is 0 Å². The fourth-order valence-electron chi connectivity index (χ4n) is 5.09. The fourth-order valence-corrected chi connectivity index (χ4v) is 5.88. The number of allylic oxidation sites excluding steroid dienone is 16. The van der Waals surface area contributed by atoms with Gasteiger partial charge in [-0.1, -0.05) is 142 Å². The largest absolute Gasteiger partial charge is 0.472 e. The van der Waals surface area contributed by atoms with Crippen molar-refractivity contribution in [1.29, 1.82) is 0 Å². The number of phosphoric ester groups is 1. The zero-order chi connectivity index (χ0) is 44.2. The Hall–Kier alpha value is -3.41. The van der Waals surface area contributed by atoms with E-state index >= 15 is 0 Å². The zero-order valence-electron chi connectivity index (χ0n) is 36.5. The Labute approximate surface area is 361 Å². The van der Waals surface area contributed by atoms with Gasteiger partial charge in [-0.2, -0.15) is 0 Å². The number of hydrogen-bond donors (Lipinski definition) is 4. The summed E-state index contributed by atoms with van der Waals surface area (Å²) in [6.45, 7) is 2.01. The van der Waals surface area contributed by atoms with Gasteiger partial charge in [-0.3, -0.25) is 18.6 Å². The van der Waals surface area contributed by atoms with E-state index < -0.39 is 57.9 Å². The number of aliphatic hydroxyl groups excluding tert-OH is 3. The summed E-state index contributed by atoms with van der Waals surface area (Å²) in [5.41, 5.74) is 0. The Bertz CT molecular complexity index is 1380. The van der Waals surface area contributed by atoms with Crippen LogP contribution in [-0.2, 0) is 32.7 Å². The average Bonchev–Trinajstić information content (AvgIpc) is 3.23. The number of rotatable bonds is 39. The van der Waals surface area contributed by atoms with Crippen molar-refractivity contribution in [3.05, 3.63) is 109 Å². The molecule has 0 aromatic rings. The maximum Gasteiger partial charge on any atom is 0.472 e. The van der Waals surface area contributed by atoms with E-state index in [2.05, 4.69) is 85.2 Å². The molecule has 0 bridgehead atoms. The first-order valence-electron chi connectivity index (χ1n) is 22.0. The van der Waals surface area contributed by atoms with E-state index in [4.69, 9.17) is 19.1 Å². The molecule has 0 radical (unpaired) electrons. The van der Waals surface area contributed by atoms with Crippen LogP contribution in [0.3, 0.4) is 0 Å². The third-order valence-electron chi connectivity index (χ3n) is 8.49. The monoisotopic (exact) mass is 861 g/mol. The Kier molecular flexibility index (Phi) is 39.9. The Morgan fingerprint density at radius 2 is 1.12 bits per heavy atom. The number of carbonyl (C=O) groups excluding carboxylic acids is 2. The first-order chi connectivity index (χ1) is 29.1. The topological polar surface area (TPSA) is 169 Å². The van der Waals surface area contributed by atoms with Gasteiger partial charge in [0.15, 0.2) is 6.10 Å². The number of carbonyl (C=O) groups is 2. The molecule has 340 valence electrons. The standard InChI is InChI=1S/C48H77O11P/c1-3-5-7-9-11-12-13-14-15-16-17-18-19-20-21-22-26-30-34-38-47(52)56-42-46(43-58-60(54,55)57-41-45(51)40-49)59-48(53)39-35-31-27-23-25-29-33-37-44(50)36-32-28-24-10-8-6-4-2/h5,7,11-12,14-15,17-18,20-21,23-24,27-29,32-33,36,44-46,49-51H,3-4,6,8-10,13,16,19,22,25-26,30-31,34-35,37-43H2,1-2H3,(H,54,55)/b7-5-,12-11-,15-14-,18-17-,21-20-,27-23+,28-24-,33-29-,36-32-/t44-,45-,46+/m0/s1. The number of aliphatic hydroxyl groups is 3. The van der Waals surface area contributed by atoms with Gasteiger partial charge in [-0.15, -0.1) is 0 Å². The van der Waals surface area contributed by atoms with E-state index in [0.29, 0.717) is 32.1 Å². The smallest absolute Gasteiger partial charge is 0.462 e. The molecule has 11 nitrogen and oxygen atoms in total. The van der Waals surface area contributed by atoms with Gasteiger partial charge in [-0.25, -0.2) is 4.57 Å². The first-order valence-corrected chi connectivity index (χ1v) is 23.4. The number of hydrogen-bond acceptors (Lipinski definition) is 10. The Morgan fingerprint density at radius 3 is 1.73 bits per heavy atom. The van der Waals surface area contributed by atoms with E-state index in [9.17, 15) is 29.3 Å². The summed E-state index contributed by atoms with van der Waals surface area (Å²) in [6, 6.07) is 0. The highest BCUT2D eigenvalue weighted by Gasteiger charge is 2.27. The lowest BCUT2D eigenvalue weighted by Crippen LogP contribution is -2.29. The quantitative estimate of drug-likeness (QED) is 0.0153. The summed E-state index contributed by atoms with van der Waals surface area (Å²) in [7, 11) is -4.67. The van der Waals surface area contributed by atoms with Crippen molar-refractivity contribution in [1.82, 2.24) is 0 Å². The molecular formula is C48H77O11P. The molecule has 0 aliphatic heterocycles. The van der Waals surface area contributed by atoms with Gasteiger partial charge < -0.3 is 29.7 Å². The van der Waals surface area contributed by atoms with Gasteiger partial charge in [0, 0.05) is 12.8 Å². The van der Waals surface area contributed by atoms with Crippen molar-refractivity contribution >= 4 is 19.8 Å². The van der Waals surface area contributed by atoms with Crippen LogP contribution in [0.25, 0.3) is 0 Å². The summed E-state index contributed by atoms with van der Waals surface area (Å²) in [5.74, 6) is -1.08. The van der Waals surface area contributed by atoms with Crippen molar-refractivity contribution < 1.29 is 52.9 Å². The molecule has 4 N–H and O–H groups in total. The van der Waals surface area contributed by atoms with E-state index in [1.54, 1.807) is 6.08 Å². The summed E-state index contributed by atoms with van der Waals surface area (Å²) in [5, 5.41) is 28.4. The van der Waals surface area contributed by atoms with E-state index in [1.807, 2.05) is 36.5 Å². The second-order valence-electron chi connectivity index (χ2n) is 14.2. The number of unbranched alkanes of at least 4 members (excludes halogenated alkanes) is 7. The molecule has 0 spiro atoms. The lowest BCUT2D eigenvalue weighted by Gasteiger charge is -2.20. The van der Waals surface area contributed by atoms with Crippen LogP contribution >= 0.6 is 7.82 Å². The molecule has 4 atom stereocenters. The maximum atomic E-state index is 12.6. The molecule has 0 aromatic carbocycles. The van der Waals surface area contributed by atoms with Crippen LogP contribution in [0.15, 0.2) is 109 Å². The summed E-state index contributed by atoms with van der Waals surface area (Å²) < 4.78 is 32.6. The molecule has 0 aromatic heterocycles. The maximum absolute atomic E-state index is 12.6. The van der Waals surface area contributed by atoms with Gasteiger partial charge in [0.25, 0.3) is 0 Å². The first kappa shape index (κ1) is 56.6. The zero-order valence-corrected chi connectivity index (χ0v) is 37.4. The predicted molar refractivity (Wildman–Crippen MR) is 243 cm³/mol. The molecule has 60 heavy (non-hydrogen) atoms. The minimum Gasteiger partial charge on any atom is -0.462 e. The Morgan fingerprint density at radius 1 is 0.583 bits per heavy atom. The van der Waals surface area contributed by atoms with Crippen LogP contribution in [0.2, 0.25) is 0 Å². The molecule has 0 rings (SSSR count). The van der Waals surface area contributed by atoms with Crippen LogP contribution in [0.5, 0.6) is 0 Å². The third-order valence-corrected chi connectivity index (χ3v) is 9.44. The average molecular weight is 861 g/mol. The van der Waals surface area contributed by atoms with Gasteiger partial charge >= 0.3 is 19.8 Å². The van der Waals surface area contributed by atoms with E-state index in [1.165, 1.54) is 19.3 Å². The van der Waals surface area contributed by atoms with Crippen molar-refractivity contribution in [2.24, 2.45) is 0 Å². The van der Waals surface area contributed by atoms with Crippen LogP contribution in [0, 0.1) is 0 Å². The minimum absolute atomic E-state index is 0.0596. The predicted octanol–water partition coefficient (Wildman–Crippen LogP) is 10.7. The lowest BCUT2D eigenvalue weighted by molar-refractivity contribution is -0.161. The summed E-state index contributed by atoms with van der Waals surface area (Å²) in [4.78, 5) is 35.0. The molecule has 0 saturated heterocycles. The van der Waals surface area contributed by atoms with Gasteiger partial charge in [0.2, 0.25) is 0 Å². The molecule has 0 saturated carbocycles. The molecule has 0 heterocycles. The van der Waals surface area contributed by atoms with Crippen LogP contribution in [-0.4, -0.2) is 76.9 Å². The highest BCUT2D eigenvalue weighted by Crippen LogP contribution is 2.43. The highest BCUT2D eigenvalue weighted by atomic mass is 31.2. The molecule has 0 amide bonds. The second kappa shape index (κ2) is 42.3. The number of ether oxygens (including phenoxy) is 2. The Balaban J connectivity index is 4.53. The van der Waals surface area contributed by atoms with E-state index in [0.717, 1.165) is 57.8 Å². The van der Waals surface area contributed by atoms with E-state index in [-0.39, 0.29) is 19.4 Å². The van der Waals surface area contributed by atoms with Crippen molar-refractivity contribution in [3.8, 4) is 0 Å². The molecular weight excluding hydrogens is 783 g/mol. The van der Waals surface area contributed by atoms with Crippen LogP contribution in [0.1, 0.15) is 136 Å². The van der Waals surface area contributed by atoms with Gasteiger partial charge in [-0.05, 0) is 89.9 Å². The summed E-state index contributed by atoms with van der Waals surface area (Å²) >= 11 is 0. The molecule has 12 heteroatoms.